The number of amides is 2. The number of benzene rings is 1. The van der Waals surface area contributed by atoms with Gasteiger partial charge in [-0.05, 0) is 49.9 Å². The van der Waals surface area contributed by atoms with Crippen LogP contribution in [0.2, 0.25) is 0 Å². The molecule has 0 bridgehead atoms. The molecule has 2 amide bonds. The molecular weight excluding hydrogens is 304 g/mol. The molecule has 0 spiro atoms. The van der Waals surface area contributed by atoms with Crippen LogP contribution in [-0.2, 0) is 0 Å². The zero-order valence-electron chi connectivity index (χ0n) is 14.4. The zero-order valence-corrected chi connectivity index (χ0v) is 14.4. The smallest absolute Gasteiger partial charge is 0.315 e. The molecule has 0 aliphatic heterocycles. The number of carbonyl (C=O) groups is 1. The minimum Gasteiger partial charge on any atom is -0.393 e. The molecule has 3 atom stereocenters. The summed E-state index contributed by atoms with van der Waals surface area (Å²) in [6.45, 7) is 6.24. The molecule has 0 aliphatic carbocycles. The molecule has 6 nitrogen and oxygen atoms in total. The van der Waals surface area contributed by atoms with Crippen molar-refractivity contribution in [3.8, 4) is 5.69 Å². The van der Waals surface area contributed by atoms with Crippen LogP contribution in [0.3, 0.4) is 0 Å². The highest BCUT2D eigenvalue weighted by molar-refractivity contribution is 5.74. The second-order valence-corrected chi connectivity index (χ2v) is 6.31. The van der Waals surface area contributed by atoms with Crippen LogP contribution in [-0.4, -0.2) is 33.6 Å². The Morgan fingerprint density at radius 3 is 2.75 bits per heavy atom. The summed E-state index contributed by atoms with van der Waals surface area (Å²) in [7, 11) is 0. The molecule has 0 fully saturated rings. The van der Waals surface area contributed by atoms with Gasteiger partial charge in [0.05, 0.1) is 17.8 Å². The van der Waals surface area contributed by atoms with Crippen LogP contribution in [0.1, 0.15) is 38.8 Å². The van der Waals surface area contributed by atoms with Crippen molar-refractivity contribution in [3.05, 3.63) is 48.3 Å². The predicted molar refractivity (Wildman–Crippen MR) is 94.0 cm³/mol. The van der Waals surface area contributed by atoms with E-state index in [2.05, 4.69) is 15.7 Å². The Labute approximate surface area is 142 Å². The van der Waals surface area contributed by atoms with E-state index in [0.717, 1.165) is 11.3 Å². The maximum atomic E-state index is 12.0. The summed E-state index contributed by atoms with van der Waals surface area (Å²) in [5.41, 5.74) is 1.97. The lowest BCUT2D eigenvalue weighted by Crippen LogP contribution is -2.39. The van der Waals surface area contributed by atoms with Crippen LogP contribution >= 0.6 is 0 Å². The number of nitrogens with one attached hydrogen (secondary N) is 2. The molecule has 0 aliphatic rings. The van der Waals surface area contributed by atoms with Gasteiger partial charge < -0.3 is 15.7 Å². The number of aliphatic hydroxyl groups is 1. The van der Waals surface area contributed by atoms with Gasteiger partial charge in [-0.25, -0.2) is 9.48 Å². The number of urea groups is 1. The van der Waals surface area contributed by atoms with Gasteiger partial charge in [-0.3, -0.25) is 0 Å². The van der Waals surface area contributed by atoms with Gasteiger partial charge in [-0.15, -0.1) is 0 Å². The minimum atomic E-state index is -0.353. The third-order valence-corrected chi connectivity index (χ3v) is 3.84. The molecule has 1 heterocycles. The fourth-order valence-electron chi connectivity index (χ4n) is 2.62. The molecule has 6 heteroatoms. The van der Waals surface area contributed by atoms with Crippen molar-refractivity contribution in [3.63, 3.8) is 0 Å². The Morgan fingerprint density at radius 1 is 1.29 bits per heavy atom. The number of hydrogen-bond acceptors (Lipinski definition) is 3. The third-order valence-electron chi connectivity index (χ3n) is 3.84. The zero-order chi connectivity index (χ0) is 17.5. The molecule has 3 N–H and O–H groups in total. The molecule has 2 rings (SSSR count). The second kappa shape index (κ2) is 8.49. The molecule has 0 saturated carbocycles. The number of hydrogen-bond donors (Lipinski definition) is 3. The van der Waals surface area contributed by atoms with Crippen LogP contribution in [0.4, 0.5) is 4.79 Å². The fourth-order valence-corrected chi connectivity index (χ4v) is 2.62. The molecule has 0 saturated heterocycles. The summed E-state index contributed by atoms with van der Waals surface area (Å²) in [5.74, 6) is 0.231. The summed E-state index contributed by atoms with van der Waals surface area (Å²) in [6.07, 6.45) is 3.93. The van der Waals surface area contributed by atoms with Crippen molar-refractivity contribution in [1.82, 2.24) is 20.4 Å². The lowest BCUT2D eigenvalue weighted by atomic mass is 10.1. The predicted octanol–water partition coefficient (Wildman–Crippen LogP) is 2.64. The second-order valence-electron chi connectivity index (χ2n) is 6.31. The van der Waals surface area contributed by atoms with E-state index < -0.39 is 0 Å². The first kappa shape index (κ1) is 18.0. The van der Waals surface area contributed by atoms with Crippen molar-refractivity contribution in [2.75, 3.05) is 6.54 Å². The average Bonchev–Trinajstić information content (AvgIpc) is 3.07. The Hall–Kier alpha value is -2.34. The Bertz CT molecular complexity index is 640. The van der Waals surface area contributed by atoms with Crippen molar-refractivity contribution >= 4 is 6.03 Å². The van der Waals surface area contributed by atoms with Gasteiger partial charge >= 0.3 is 6.03 Å². The number of rotatable bonds is 7. The number of aliphatic hydroxyl groups excluding tert-OH is 1. The molecule has 3 unspecified atom stereocenters. The normalized spacial score (nSPS) is 14.7. The van der Waals surface area contributed by atoms with E-state index in [1.807, 2.05) is 50.4 Å². The van der Waals surface area contributed by atoms with Gasteiger partial charge in [0.25, 0.3) is 0 Å². The molecule has 2 aromatic rings. The number of aromatic nitrogens is 2. The topological polar surface area (TPSA) is 79.2 Å². The maximum absolute atomic E-state index is 12.0. The first-order valence-electron chi connectivity index (χ1n) is 8.28. The van der Waals surface area contributed by atoms with Crippen LogP contribution in [0, 0.1) is 5.92 Å². The van der Waals surface area contributed by atoms with Gasteiger partial charge in [-0.2, -0.15) is 5.10 Å². The monoisotopic (exact) mass is 330 g/mol. The quantitative estimate of drug-likeness (QED) is 0.730. The maximum Gasteiger partial charge on any atom is 0.315 e. The molecule has 24 heavy (non-hydrogen) atoms. The van der Waals surface area contributed by atoms with Crippen molar-refractivity contribution < 1.29 is 9.90 Å². The van der Waals surface area contributed by atoms with E-state index in [1.54, 1.807) is 17.8 Å². The van der Waals surface area contributed by atoms with Gasteiger partial charge in [0.1, 0.15) is 0 Å². The highest BCUT2D eigenvalue weighted by Gasteiger charge is 2.12. The molecule has 130 valence electrons. The van der Waals surface area contributed by atoms with E-state index in [0.29, 0.717) is 13.0 Å². The summed E-state index contributed by atoms with van der Waals surface area (Å²) in [5, 5.41) is 19.4. The van der Waals surface area contributed by atoms with Gasteiger partial charge in [0, 0.05) is 18.9 Å². The summed E-state index contributed by atoms with van der Waals surface area (Å²) >= 11 is 0. The fraction of sp³-hybridized carbons (Fsp3) is 0.444. The molecule has 1 aromatic carbocycles. The lowest BCUT2D eigenvalue weighted by Gasteiger charge is -2.18. The van der Waals surface area contributed by atoms with E-state index in [-0.39, 0.29) is 24.1 Å². The largest absolute Gasteiger partial charge is 0.393 e. The van der Waals surface area contributed by atoms with Crippen molar-refractivity contribution in [1.29, 1.82) is 0 Å². The summed E-state index contributed by atoms with van der Waals surface area (Å²) < 4.78 is 1.79. The van der Waals surface area contributed by atoms with Crippen LogP contribution < -0.4 is 10.6 Å². The van der Waals surface area contributed by atoms with Crippen LogP contribution in [0.25, 0.3) is 5.69 Å². The van der Waals surface area contributed by atoms with Gasteiger partial charge in [0.15, 0.2) is 0 Å². The van der Waals surface area contributed by atoms with Gasteiger partial charge in [0.2, 0.25) is 0 Å². The van der Waals surface area contributed by atoms with E-state index in [9.17, 15) is 9.90 Å². The lowest BCUT2D eigenvalue weighted by molar-refractivity contribution is 0.163. The Morgan fingerprint density at radius 2 is 2.08 bits per heavy atom. The van der Waals surface area contributed by atoms with Crippen molar-refractivity contribution in [2.45, 2.75) is 39.3 Å². The van der Waals surface area contributed by atoms with Crippen molar-refractivity contribution in [2.24, 2.45) is 5.92 Å². The van der Waals surface area contributed by atoms with Crippen LogP contribution in [0.5, 0.6) is 0 Å². The number of nitrogens with zero attached hydrogens (tertiary/aromatic N) is 2. The Balaban J connectivity index is 1.89. The summed E-state index contributed by atoms with van der Waals surface area (Å²) in [6, 6.07) is 9.46. The van der Waals surface area contributed by atoms with Crippen LogP contribution in [0.15, 0.2) is 42.7 Å². The third kappa shape index (κ3) is 5.38. The number of carbonyl (C=O) groups excluding carboxylic acids is 1. The summed E-state index contributed by atoms with van der Waals surface area (Å²) in [4.78, 5) is 12.0. The SMILES string of the molecule is CC(O)CC(C)CNC(=O)NC(C)c1cccc(-n2cccn2)c1. The first-order chi connectivity index (χ1) is 11.5. The highest BCUT2D eigenvalue weighted by Crippen LogP contribution is 2.16. The first-order valence-corrected chi connectivity index (χ1v) is 8.28. The minimum absolute atomic E-state index is 0.118. The van der Waals surface area contributed by atoms with E-state index in [1.165, 1.54) is 0 Å². The van der Waals surface area contributed by atoms with Gasteiger partial charge in [-0.1, -0.05) is 19.1 Å². The molecular formula is C18H26N4O2. The average molecular weight is 330 g/mol. The highest BCUT2D eigenvalue weighted by atomic mass is 16.3. The van der Waals surface area contributed by atoms with E-state index in [4.69, 9.17) is 0 Å². The molecule has 1 aromatic heterocycles. The van der Waals surface area contributed by atoms with E-state index >= 15 is 0 Å². The molecule has 0 radical (unpaired) electrons. The standard InChI is InChI=1S/C18H26N4O2/c1-13(10-14(2)23)12-19-18(24)21-15(3)16-6-4-7-17(11-16)22-9-5-8-20-22/h4-9,11,13-15,23H,10,12H2,1-3H3,(H2,19,21,24). The Kier molecular flexibility index (Phi) is 6.37.